The van der Waals surface area contributed by atoms with Gasteiger partial charge in [-0.15, -0.1) is 0 Å². The summed E-state index contributed by atoms with van der Waals surface area (Å²) < 4.78 is 19.6. The van der Waals surface area contributed by atoms with Crippen LogP contribution in [0.2, 0.25) is 0 Å². The molecule has 1 fully saturated rings. The molecule has 1 unspecified atom stereocenters. The van der Waals surface area contributed by atoms with E-state index in [2.05, 4.69) is 15.2 Å². The zero-order valence-corrected chi connectivity index (χ0v) is 15.3. The maximum atomic E-state index is 14.0. The van der Waals surface area contributed by atoms with Crippen LogP contribution in [0.3, 0.4) is 0 Å². The number of carbonyl (C=O) groups excluding carboxylic acids is 1. The summed E-state index contributed by atoms with van der Waals surface area (Å²) in [4.78, 5) is 19.0. The highest BCUT2D eigenvalue weighted by atomic mass is 19.1. The lowest BCUT2D eigenvalue weighted by molar-refractivity contribution is -0.137. The van der Waals surface area contributed by atoms with Crippen LogP contribution >= 0.6 is 0 Å². The van der Waals surface area contributed by atoms with Crippen LogP contribution in [-0.2, 0) is 4.79 Å². The highest BCUT2D eigenvalue weighted by Crippen LogP contribution is 2.30. The molecule has 0 saturated carbocycles. The molecular formula is C21H21FN4O2. The van der Waals surface area contributed by atoms with E-state index in [-0.39, 0.29) is 24.4 Å². The first kappa shape index (κ1) is 18.2. The maximum absolute atomic E-state index is 14.0. The van der Waals surface area contributed by atoms with Crippen LogP contribution < -0.4 is 4.74 Å². The summed E-state index contributed by atoms with van der Waals surface area (Å²) in [6.45, 7) is 0.603. The van der Waals surface area contributed by atoms with E-state index in [1.54, 1.807) is 23.1 Å². The molecular weight excluding hydrogens is 359 g/mol. The summed E-state index contributed by atoms with van der Waals surface area (Å²) in [6.07, 6.45) is 2.70. The zero-order valence-electron chi connectivity index (χ0n) is 15.3. The molecule has 2 aromatic carbocycles. The number of benzene rings is 2. The van der Waals surface area contributed by atoms with Crippen molar-refractivity contribution in [1.82, 2.24) is 20.1 Å². The van der Waals surface area contributed by atoms with Crippen LogP contribution in [0, 0.1) is 5.82 Å². The van der Waals surface area contributed by atoms with Crippen molar-refractivity contribution in [3.8, 4) is 17.1 Å². The van der Waals surface area contributed by atoms with Gasteiger partial charge >= 0.3 is 0 Å². The lowest BCUT2D eigenvalue weighted by atomic mass is 10.0. The van der Waals surface area contributed by atoms with Crippen molar-refractivity contribution in [1.29, 1.82) is 0 Å². The Balaban J connectivity index is 1.49. The molecule has 0 spiro atoms. The molecule has 1 aliphatic heterocycles. The van der Waals surface area contributed by atoms with Gasteiger partial charge in [0, 0.05) is 6.54 Å². The van der Waals surface area contributed by atoms with Crippen LogP contribution in [0.1, 0.15) is 31.1 Å². The lowest BCUT2D eigenvalue weighted by Gasteiger charge is -2.34. The average molecular weight is 380 g/mol. The summed E-state index contributed by atoms with van der Waals surface area (Å²) in [7, 11) is 0. The van der Waals surface area contributed by atoms with Gasteiger partial charge in [-0.3, -0.25) is 9.89 Å². The minimum atomic E-state index is -0.374. The van der Waals surface area contributed by atoms with E-state index in [1.165, 1.54) is 6.07 Å². The van der Waals surface area contributed by atoms with E-state index in [0.29, 0.717) is 29.5 Å². The summed E-state index contributed by atoms with van der Waals surface area (Å²) in [5, 5.41) is 7.06. The molecule has 1 atom stereocenters. The molecule has 7 heteroatoms. The van der Waals surface area contributed by atoms with Crippen molar-refractivity contribution in [2.45, 2.75) is 25.3 Å². The number of piperidine rings is 1. The fraction of sp³-hybridized carbons (Fsp3) is 0.286. The molecule has 3 aromatic rings. The van der Waals surface area contributed by atoms with Gasteiger partial charge in [-0.2, -0.15) is 5.10 Å². The predicted octanol–water partition coefficient (Wildman–Crippen LogP) is 3.74. The minimum Gasteiger partial charge on any atom is -0.484 e. The Morgan fingerprint density at radius 1 is 1.14 bits per heavy atom. The second-order valence-corrected chi connectivity index (χ2v) is 6.72. The molecule has 28 heavy (non-hydrogen) atoms. The van der Waals surface area contributed by atoms with Gasteiger partial charge in [-0.1, -0.05) is 30.3 Å². The number of hydrogen-bond donors (Lipinski definition) is 1. The third kappa shape index (κ3) is 3.88. The molecule has 1 aliphatic rings. The monoisotopic (exact) mass is 380 g/mol. The van der Waals surface area contributed by atoms with Gasteiger partial charge in [0.2, 0.25) is 0 Å². The van der Waals surface area contributed by atoms with E-state index in [9.17, 15) is 9.18 Å². The van der Waals surface area contributed by atoms with Crippen molar-refractivity contribution < 1.29 is 13.9 Å². The van der Waals surface area contributed by atoms with Gasteiger partial charge in [0.15, 0.2) is 12.4 Å². The lowest BCUT2D eigenvalue weighted by Crippen LogP contribution is -2.41. The first-order chi connectivity index (χ1) is 13.7. The van der Waals surface area contributed by atoms with E-state index < -0.39 is 0 Å². The predicted molar refractivity (Wildman–Crippen MR) is 102 cm³/mol. The number of likely N-dealkylation sites (tertiary alicyclic amines) is 1. The number of nitrogens with one attached hydrogen (secondary N) is 1. The molecule has 0 bridgehead atoms. The largest absolute Gasteiger partial charge is 0.484 e. The van der Waals surface area contributed by atoms with Crippen LogP contribution in [0.5, 0.6) is 5.75 Å². The second-order valence-electron chi connectivity index (χ2n) is 6.72. The Labute approximate surface area is 162 Å². The Morgan fingerprint density at radius 3 is 2.75 bits per heavy atom. The van der Waals surface area contributed by atoms with Crippen LogP contribution in [-0.4, -0.2) is 39.1 Å². The Morgan fingerprint density at radius 2 is 1.93 bits per heavy atom. The van der Waals surface area contributed by atoms with E-state index in [0.717, 1.165) is 19.3 Å². The quantitative estimate of drug-likeness (QED) is 0.732. The summed E-state index contributed by atoms with van der Waals surface area (Å²) in [5.41, 5.74) is 0.339. The van der Waals surface area contributed by atoms with Gasteiger partial charge in [0.1, 0.15) is 17.4 Å². The van der Waals surface area contributed by atoms with Crippen LogP contribution in [0.15, 0.2) is 54.6 Å². The Kier molecular flexibility index (Phi) is 5.32. The molecule has 4 rings (SSSR count). The summed E-state index contributed by atoms with van der Waals surface area (Å²) in [5.74, 6) is 1.06. The number of aromatic amines is 1. The molecule has 1 aromatic heterocycles. The van der Waals surface area contributed by atoms with Crippen molar-refractivity contribution in [2.75, 3.05) is 13.2 Å². The fourth-order valence-corrected chi connectivity index (χ4v) is 3.45. The van der Waals surface area contributed by atoms with Gasteiger partial charge in [0.25, 0.3) is 5.91 Å². The summed E-state index contributed by atoms with van der Waals surface area (Å²) >= 11 is 0. The minimum absolute atomic E-state index is 0.0329. The first-order valence-electron chi connectivity index (χ1n) is 9.37. The Hall–Kier alpha value is -3.22. The van der Waals surface area contributed by atoms with Crippen LogP contribution in [0.25, 0.3) is 11.4 Å². The topological polar surface area (TPSA) is 71.1 Å². The number of rotatable bonds is 5. The standard InChI is InChI=1S/C21H21FN4O2/c22-17-11-5-4-10-16(17)20-23-21(25-24-20)18-12-6-7-13-26(18)19(27)14-28-15-8-2-1-3-9-15/h1-5,8-11,18H,6-7,12-14H2,(H,23,24,25). The number of hydrogen-bond acceptors (Lipinski definition) is 4. The summed E-state index contributed by atoms with van der Waals surface area (Å²) in [6, 6.07) is 15.4. The molecule has 1 amide bonds. The number of aromatic nitrogens is 3. The highest BCUT2D eigenvalue weighted by molar-refractivity contribution is 5.78. The molecule has 0 aliphatic carbocycles. The van der Waals surface area contributed by atoms with Gasteiger partial charge in [-0.05, 0) is 43.5 Å². The van der Waals surface area contributed by atoms with Gasteiger partial charge in [0.05, 0.1) is 11.6 Å². The molecule has 2 heterocycles. The molecule has 1 N–H and O–H groups in total. The number of carbonyl (C=O) groups is 1. The third-order valence-electron chi connectivity index (χ3n) is 4.86. The number of para-hydroxylation sites is 1. The smallest absolute Gasteiger partial charge is 0.261 e. The van der Waals surface area contributed by atoms with Crippen molar-refractivity contribution in [3.05, 3.63) is 66.2 Å². The average Bonchev–Trinajstić information content (AvgIpc) is 3.23. The van der Waals surface area contributed by atoms with E-state index in [4.69, 9.17) is 4.74 Å². The number of H-pyrrole nitrogens is 1. The number of nitrogens with zero attached hydrogens (tertiary/aromatic N) is 3. The molecule has 6 nitrogen and oxygen atoms in total. The second kappa shape index (κ2) is 8.21. The fourth-order valence-electron chi connectivity index (χ4n) is 3.45. The SMILES string of the molecule is O=C(COc1ccccc1)N1CCCCC1c1nc(-c2ccccc2F)n[nH]1. The van der Waals surface area contributed by atoms with Crippen molar-refractivity contribution >= 4 is 5.91 Å². The normalized spacial score (nSPS) is 16.8. The first-order valence-corrected chi connectivity index (χ1v) is 9.37. The highest BCUT2D eigenvalue weighted by Gasteiger charge is 2.31. The van der Waals surface area contributed by atoms with Crippen LogP contribution in [0.4, 0.5) is 4.39 Å². The number of ether oxygens (including phenoxy) is 1. The van der Waals surface area contributed by atoms with Crippen molar-refractivity contribution in [3.63, 3.8) is 0 Å². The number of amides is 1. The zero-order chi connectivity index (χ0) is 19.3. The maximum Gasteiger partial charge on any atom is 0.261 e. The molecule has 1 saturated heterocycles. The van der Waals surface area contributed by atoms with E-state index >= 15 is 0 Å². The third-order valence-corrected chi connectivity index (χ3v) is 4.86. The van der Waals surface area contributed by atoms with Crippen molar-refractivity contribution in [2.24, 2.45) is 0 Å². The number of halogens is 1. The van der Waals surface area contributed by atoms with Gasteiger partial charge in [-0.25, -0.2) is 9.37 Å². The Bertz CT molecular complexity index is 944. The molecule has 144 valence electrons. The van der Waals surface area contributed by atoms with E-state index in [1.807, 2.05) is 30.3 Å². The van der Waals surface area contributed by atoms with Gasteiger partial charge < -0.3 is 9.64 Å². The molecule has 0 radical (unpaired) electrons.